The van der Waals surface area contributed by atoms with E-state index in [1.165, 1.54) is 5.56 Å². The lowest BCUT2D eigenvalue weighted by molar-refractivity contribution is 0.00749. The van der Waals surface area contributed by atoms with E-state index in [1.807, 2.05) is 42.5 Å². The van der Waals surface area contributed by atoms with Crippen LogP contribution < -0.4 is 19.5 Å². The molecule has 2 unspecified atom stereocenters. The Bertz CT molecular complexity index is 1290. The number of H-pyrrole nitrogens is 1. The van der Waals surface area contributed by atoms with Crippen molar-refractivity contribution in [3.8, 4) is 17.2 Å². The normalized spacial score (nSPS) is 17.3. The first-order chi connectivity index (χ1) is 19.3. The molecule has 5 rings (SSSR count). The van der Waals surface area contributed by atoms with Crippen molar-refractivity contribution in [1.29, 1.82) is 0 Å². The van der Waals surface area contributed by atoms with Gasteiger partial charge in [0.25, 0.3) is 0 Å². The fourth-order valence-electron chi connectivity index (χ4n) is 4.96. The highest BCUT2D eigenvalue weighted by molar-refractivity contribution is 5.81. The Kier molecular flexibility index (Phi) is 9.68. The fourth-order valence-corrected chi connectivity index (χ4v) is 4.96. The van der Waals surface area contributed by atoms with Gasteiger partial charge in [-0.15, -0.1) is 0 Å². The van der Waals surface area contributed by atoms with Gasteiger partial charge in [0.2, 0.25) is 0 Å². The van der Waals surface area contributed by atoms with Crippen LogP contribution in [0.4, 0.5) is 0 Å². The molecule has 3 aromatic carbocycles. The van der Waals surface area contributed by atoms with E-state index >= 15 is 0 Å². The van der Waals surface area contributed by atoms with Gasteiger partial charge < -0.3 is 34.0 Å². The maximum atomic E-state index is 6.28. The van der Waals surface area contributed by atoms with Crippen molar-refractivity contribution >= 4 is 11.0 Å². The molecule has 0 amide bonds. The Morgan fingerprint density at radius 2 is 1.74 bits per heavy atom. The molecule has 2 N–H and O–H groups in total. The van der Waals surface area contributed by atoms with Gasteiger partial charge in [0.1, 0.15) is 29.4 Å². The Labute approximate surface area is 229 Å². The van der Waals surface area contributed by atoms with Crippen LogP contribution in [0.2, 0.25) is 0 Å². The standard InChI is InChI=1S/C31H37N3O5/c1-35-28-8-3-2-6-24(28)21-36-16-5-17-37-25-12-10-23(11-13-25)26-14-15-32-20-30(26)39-19-18-38-29-9-4-7-27-31(29)34-22-33-27/h2-4,6-13,22,26,30,32H,5,14-21H2,1H3,(H,33,34). The predicted octanol–water partition coefficient (Wildman–Crippen LogP) is 5.10. The second kappa shape index (κ2) is 14.0. The molecule has 2 heterocycles. The first kappa shape index (κ1) is 27.0. The Morgan fingerprint density at radius 3 is 2.64 bits per heavy atom. The number of aromatic nitrogens is 2. The minimum absolute atomic E-state index is 0.0932. The third kappa shape index (κ3) is 7.29. The molecule has 1 fully saturated rings. The van der Waals surface area contributed by atoms with Gasteiger partial charge in [-0.05, 0) is 48.9 Å². The number of rotatable bonds is 14. The topological polar surface area (TPSA) is 86.9 Å². The Hall–Kier alpha value is -3.59. The van der Waals surface area contributed by atoms with Gasteiger partial charge in [0.05, 0.1) is 51.5 Å². The second-order valence-electron chi connectivity index (χ2n) is 9.55. The first-order valence-electron chi connectivity index (χ1n) is 13.6. The molecular weight excluding hydrogens is 494 g/mol. The molecule has 0 saturated carbocycles. The highest BCUT2D eigenvalue weighted by Crippen LogP contribution is 2.29. The Morgan fingerprint density at radius 1 is 0.872 bits per heavy atom. The summed E-state index contributed by atoms with van der Waals surface area (Å²) in [6.45, 7) is 4.57. The molecule has 4 aromatic rings. The van der Waals surface area contributed by atoms with Crippen LogP contribution in [-0.2, 0) is 16.1 Å². The van der Waals surface area contributed by atoms with Crippen LogP contribution in [0.3, 0.4) is 0 Å². The zero-order chi connectivity index (χ0) is 26.7. The molecule has 2 atom stereocenters. The first-order valence-corrected chi connectivity index (χ1v) is 13.6. The molecule has 1 saturated heterocycles. The van der Waals surface area contributed by atoms with E-state index in [9.17, 15) is 0 Å². The van der Waals surface area contributed by atoms with Crippen molar-refractivity contribution in [2.45, 2.75) is 31.5 Å². The molecular formula is C31H37N3O5. The van der Waals surface area contributed by atoms with Crippen LogP contribution in [0.1, 0.15) is 29.9 Å². The number of para-hydroxylation sites is 2. The van der Waals surface area contributed by atoms with Gasteiger partial charge in [0.15, 0.2) is 0 Å². The van der Waals surface area contributed by atoms with Crippen LogP contribution in [0.15, 0.2) is 73.1 Å². The molecule has 0 radical (unpaired) electrons. The van der Waals surface area contributed by atoms with Gasteiger partial charge >= 0.3 is 0 Å². The summed E-state index contributed by atoms with van der Waals surface area (Å²) in [6, 6.07) is 22.2. The minimum Gasteiger partial charge on any atom is -0.496 e. The van der Waals surface area contributed by atoms with Crippen LogP contribution in [0, 0.1) is 0 Å². The molecule has 0 bridgehead atoms. The summed E-state index contributed by atoms with van der Waals surface area (Å²) in [5, 5.41) is 3.46. The van der Waals surface area contributed by atoms with Crippen LogP contribution in [-0.4, -0.2) is 62.7 Å². The summed E-state index contributed by atoms with van der Waals surface area (Å²) in [7, 11) is 1.68. The Balaban J connectivity index is 1.03. The monoisotopic (exact) mass is 531 g/mol. The number of aromatic amines is 1. The SMILES string of the molecule is COc1ccccc1COCCCOc1ccc(C2CCNCC2OCCOc2cccc3[nH]cnc23)cc1. The number of nitrogens with one attached hydrogen (secondary N) is 2. The third-order valence-electron chi connectivity index (χ3n) is 6.97. The van der Waals surface area contributed by atoms with Crippen molar-refractivity contribution in [1.82, 2.24) is 15.3 Å². The summed E-state index contributed by atoms with van der Waals surface area (Å²) in [5.74, 6) is 2.83. The zero-order valence-corrected chi connectivity index (χ0v) is 22.4. The van der Waals surface area contributed by atoms with Crippen LogP contribution in [0.25, 0.3) is 11.0 Å². The van der Waals surface area contributed by atoms with Crippen molar-refractivity contribution in [3.63, 3.8) is 0 Å². The number of ether oxygens (including phenoxy) is 5. The van der Waals surface area contributed by atoms with Crippen LogP contribution in [0.5, 0.6) is 17.2 Å². The van der Waals surface area contributed by atoms with Crippen LogP contribution >= 0.6 is 0 Å². The second-order valence-corrected chi connectivity index (χ2v) is 9.55. The van der Waals surface area contributed by atoms with E-state index < -0.39 is 0 Å². The number of hydrogen-bond donors (Lipinski definition) is 2. The van der Waals surface area contributed by atoms with Crippen molar-refractivity contribution in [2.24, 2.45) is 0 Å². The number of fused-ring (bicyclic) bond motifs is 1. The van der Waals surface area contributed by atoms with Gasteiger partial charge in [-0.2, -0.15) is 0 Å². The van der Waals surface area contributed by atoms with E-state index in [-0.39, 0.29) is 6.10 Å². The molecule has 206 valence electrons. The van der Waals surface area contributed by atoms with Gasteiger partial charge in [-0.1, -0.05) is 36.4 Å². The number of imidazole rings is 1. The van der Waals surface area contributed by atoms with Gasteiger partial charge in [-0.3, -0.25) is 0 Å². The van der Waals surface area contributed by atoms with Gasteiger partial charge in [-0.25, -0.2) is 4.98 Å². The highest BCUT2D eigenvalue weighted by Gasteiger charge is 2.27. The van der Waals surface area contributed by atoms with E-state index in [0.29, 0.717) is 39.0 Å². The number of benzene rings is 3. The number of piperidine rings is 1. The number of methoxy groups -OCH3 is 1. The summed E-state index contributed by atoms with van der Waals surface area (Å²) < 4.78 is 29.3. The summed E-state index contributed by atoms with van der Waals surface area (Å²) in [6.07, 6.45) is 3.62. The molecule has 8 heteroatoms. The van der Waals surface area contributed by atoms with E-state index in [2.05, 4.69) is 39.6 Å². The lowest BCUT2D eigenvalue weighted by Crippen LogP contribution is -2.41. The maximum absolute atomic E-state index is 6.28. The average molecular weight is 532 g/mol. The lowest BCUT2D eigenvalue weighted by Gasteiger charge is -2.32. The van der Waals surface area contributed by atoms with E-state index in [1.54, 1.807) is 13.4 Å². The van der Waals surface area contributed by atoms with Gasteiger partial charge in [0, 0.05) is 24.4 Å². The summed E-state index contributed by atoms with van der Waals surface area (Å²) in [5.41, 5.74) is 4.14. The summed E-state index contributed by atoms with van der Waals surface area (Å²) in [4.78, 5) is 7.45. The number of nitrogens with zero attached hydrogens (tertiary/aromatic N) is 1. The minimum atomic E-state index is 0.0932. The quantitative estimate of drug-likeness (QED) is 0.219. The smallest absolute Gasteiger partial charge is 0.147 e. The molecule has 8 nitrogen and oxygen atoms in total. The zero-order valence-electron chi connectivity index (χ0n) is 22.4. The highest BCUT2D eigenvalue weighted by atomic mass is 16.5. The molecule has 1 aromatic heterocycles. The van der Waals surface area contributed by atoms with Crippen molar-refractivity contribution < 1.29 is 23.7 Å². The van der Waals surface area contributed by atoms with Crippen molar-refractivity contribution in [3.05, 3.63) is 84.2 Å². The molecule has 1 aliphatic rings. The fraction of sp³-hybridized carbons (Fsp3) is 0.387. The van der Waals surface area contributed by atoms with E-state index in [4.69, 9.17) is 23.7 Å². The number of hydrogen-bond acceptors (Lipinski definition) is 7. The molecule has 39 heavy (non-hydrogen) atoms. The van der Waals surface area contributed by atoms with E-state index in [0.717, 1.165) is 59.8 Å². The summed E-state index contributed by atoms with van der Waals surface area (Å²) >= 11 is 0. The molecule has 1 aliphatic heterocycles. The molecule has 0 spiro atoms. The maximum Gasteiger partial charge on any atom is 0.147 e. The third-order valence-corrected chi connectivity index (χ3v) is 6.97. The largest absolute Gasteiger partial charge is 0.496 e. The predicted molar refractivity (Wildman–Crippen MR) is 151 cm³/mol. The average Bonchev–Trinajstić information content (AvgIpc) is 3.48. The van der Waals surface area contributed by atoms with Crippen molar-refractivity contribution in [2.75, 3.05) is 46.6 Å². The lowest BCUT2D eigenvalue weighted by atomic mass is 9.88. The molecule has 0 aliphatic carbocycles.